The van der Waals surface area contributed by atoms with E-state index in [9.17, 15) is 9.90 Å². The van der Waals surface area contributed by atoms with Gasteiger partial charge in [0.25, 0.3) is 0 Å². The zero-order valence-electron chi connectivity index (χ0n) is 28.2. The van der Waals surface area contributed by atoms with E-state index in [2.05, 4.69) is 26.0 Å². The second-order valence-electron chi connectivity index (χ2n) is 12.6. The van der Waals surface area contributed by atoms with Crippen LogP contribution in [0.3, 0.4) is 0 Å². The largest absolute Gasteiger partial charge is 0.394 e. The molecule has 0 aliphatic carbocycles. The summed E-state index contributed by atoms with van der Waals surface area (Å²) in [6.07, 6.45) is 39.2. The van der Waals surface area contributed by atoms with E-state index in [1.54, 1.807) is 0 Å². The van der Waals surface area contributed by atoms with Gasteiger partial charge in [0.2, 0.25) is 0 Å². The molecule has 0 saturated heterocycles. The van der Waals surface area contributed by atoms with Gasteiger partial charge in [-0.25, -0.2) is 0 Å². The quantitative estimate of drug-likeness (QED) is 0.0424. The van der Waals surface area contributed by atoms with Crippen LogP contribution in [0.1, 0.15) is 194 Å². The molecule has 0 rings (SSSR count). The molecule has 42 heavy (non-hydrogen) atoms. The zero-order chi connectivity index (χ0) is 30.8. The summed E-state index contributed by atoms with van der Waals surface area (Å²) < 4.78 is 5.65. The van der Waals surface area contributed by atoms with Crippen molar-refractivity contribution in [3.63, 3.8) is 0 Å². The van der Waals surface area contributed by atoms with Crippen molar-refractivity contribution in [1.29, 1.82) is 0 Å². The number of hydrogen-bond donors (Lipinski definition) is 2. The van der Waals surface area contributed by atoms with Crippen LogP contribution in [0.25, 0.3) is 0 Å². The van der Waals surface area contributed by atoms with Gasteiger partial charge in [-0.15, -0.1) is 0 Å². The first-order valence-corrected chi connectivity index (χ1v) is 19.5. The first-order chi connectivity index (χ1) is 20.7. The summed E-state index contributed by atoms with van der Waals surface area (Å²) in [7, 11) is 0.0918. The fourth-order valence-electron chi connectivity index (χ4n) is 5.49. The molecule has 0 saturated carbocycles. The normalized spacial score (nSPS) is 13.5. The summed E-state index contributed by atoms with van der Waals surface area (Å²) in [5.41, 5.74) is -0.0434. The van der Waals surface area contributed by atoms with E-state index in [0.717, 1.165) is 25.7 Å². The minimum atomic E-state index is -0.853. The number of aliphatic hydroxyl groups is 2. The molecule has 0 spiro atoms. The molecule has 3 atom stereocenters. The minimum absolute atomic E-state index is 0.0434. The van der Waals surface area contributed by atoms with Gasteiger partial charge in [0.15, 0.2) is 0 Å². The molecule has 4 nitrogen and oxygen atoms in total. The summed E-state index contributed by atoms with van der Waals surface area (Å²) in [4.78, 5) is 13.0. The van der Waals surface area contributed by atoms with E-state index in [4.69, 9.17) is 9.63 Å². The van der Waals surface area contributed by atoms with Crippen LogP contribution in [-0.2, 0) is 9.32 Å². The van der Waals surface area contributed by atoms with E-state index >= 15 is 0 Å². The van der Waals surface area contributed by atoms with Crippen molar-refractivity contribution in [2.45, 2.75) is 205 Å². The fraction of sp³-hybridized carbons (Fsp3) is 0.919. The van der Waals surface area contributed by atoms with E-state index in [1.165, 1.54) is 148 Å². The van der Waals surface area contributed by atoms with Gasteiger partial charge >= 0.3 is 0 Å². The van der Waals surface area contributed by atoms with E-state index in [0.29, 0.717) is 12.2 Å². The monoisotopic (exact) mass is 613 g/mol. The maximum atomic E-state index is 13.0. The van der Waals surface area contributed by atoms with E-state index in [-0.39, 0.29) is 27.7 Å². The number of allylic oxidation sites excluding steroid dienone is 2. The lowest BCUT2D eigenvalue weighted by Gasteiger charge is -2.17. The zero-order valence-corrected chi connectivity index (χ0v) is 29.2. The van der Waals surface area contributed by atoms with Gasteiger partial charge in [0.05, 0.1) is 18.9 Å². The maximum Gasteiger partial charge on any atom is 0.142 e. The Hall–Kier alpha value is -0.280. The van der Waals surface area contributed by atoms with E-state index < -0.39 is 6.10 Å². The summed E-state index contributed by atoms with van der Waals surface area (Å²) >= 11 is 0. The Morgan fingerprint density at radius 2 is 1.02 bits per heavy atom. The summed E-state index contributed by atoms with van der Waals surface area (Å²) in [5, 5.41) is 18.7. The Morgan fingerprint density at radius 3 is 1.48 bits per heavy atom. The lowest BCUT2D eigenvalue weighted by atomic mass is 10.0. The van der Waals surface area contributed by atoms with Crippen LogP contribution in [0.4, 0.5) is 0 Å². The van der Waals surface area contributed by atoms with Crippen LogP contribution in [0.2, 0.25) is 0 Å². The average molecular weight is 613 g/mol. The fourth-order valence-corrected chi connectivity index (χ4v) is 6.58. The molecule has 0 aliphatic rings. The molecule has 0 aromatic rings. The van der Waals surface area contributed by atoms with Gasteiger partial charge in [-0.2, -0.15) is 0 Å². The highest BCUT2D eigenvalue weighted by Gasteiger charge is 2.19. The van der Waals surface area contributed by atoms with Crippen LogP contribution in [0, 0.1) is 0 Å². The lowest BCUT2D eigenvalue weighted by molar-refractivity contribution is -0.119. The molecule has 0 amide bonds. The Bertz CT molecular complexity index is 568. The topological polar surface area (TPSA) is 66.8 Å². The Kier molecular flexibility index (Phi) is 35.0. The molecule has 0 heterocycles. The third-order valence-corrected chi connectivity index (χ3v) is 9.61. The molecule has 0 aromatic carbocycles. The molecule has 0 aliphatic heterocycles. The van der Waals surface area contributed by atoms with Crippen molar-refractivity contribution in [2.75, 3.05) is 13.2 Å². The predicted molar refractivity (Wildman–Crippen MR) is 186 cm³/mol. The Balaban J connectivity index is 3.92. The molecular formula is C37H73O4P. The second-order valence-corrected chi connectivity index (χ2v) is 13.9. The molecule has 0 fully saturated rings. The van der Waals surface area contributed by atoms with Crippen LogP contribution in [-0.4, -0.2) is 41.0 Å². The average Bonchev–Trinajstić information content (AvgIpc) is 3.00. The van der Waals surface area contributed by atoms with Gasteiger partial charge in [-0.1, -0.05) is 161 Å². The highest BCUT2D eigenvalue weighted by Crippen LogP contribution is 2.28. The van der Waals surface area contributed by atoms with Crippen molar-refractivity contribution < 1.29 is 19.5 Å². The van der Waals surface area contributed by atoms with Crippen LogP contribution >= 0.6 is 8.81 Å². The summed E-state index contributed by atoms with van der Waals surface area (Å²) in [6.45, 7) is 4.36. The Morgan fingerprint density at radius 1 is 0.619 bits per heavy atom. The molecule has 3 unspecified atom stereocenters. The number of carbonyl (C=O) groups excluding carboxylic acids is 1. The number of hydrogen-bond acceptors (Lipinski definition) is 4. The van der Waals surface area contributed by atoms with Gasteiger partial charge in [0, 0.05) is 15.2 Å². The number of carbonyl (C=O) groups is 1. The van der Waals surface area contributed by atoms with Gasteiger partial charge in [-0.3, -0.25) is 4.79 Å². The van der Waals surface area contributed by atoms with Gasteiger partial charge in [-0.05, 0) is 38.5 Å². The molecule has 0 radical (unpaired) electrons. The van der Waals surface area contributed by atoms with Crippen molar-refractivity contribution in [3.05, 3.63) is 12.2 Å². The maximum absolute atomic E-state index is 13.0. The highest BCUT2D eigenvalue weighted by molar-refractivity contribution is 7.34. The van der Waals surface area contributed by atoms with Crippen LogP contribution < -0.4 is 0 Å². The minimum Gasteiger partial charge on any atom is -0.394 e. The number of ketones is 1. The number of aliphatic hydroxyl groups excluding tert-OH is 2. The molecule has 2 N–H and O–H groups in total. The highest BCUT2D eigenvalue weighted by atomic mass is 31.1. The summed E-state index contributed by atoms with van der Waals surface area (Å²) in [5.74, 6) is 0.338. The summed E-state index contributed by atoms with van der Waals surface area (Å²) in [6, 6.07) is 0. The lowest BCUT2D eigenvalue weighted by Crippen LogP contribution is -2.20. The smallest absolute Gasteiger partial charge is 0.142 e. The number of rotatable bonds is 35. The standard InChI is InChI=1S/C37H73O4P/c1-3-5-7-9-11-13-15-17-18-20-22-24-26-28-30-32-37(42-41-34-35(39)33-38)36(40)31-29-27-25-23-21-19-16-14-12-10-8-6-4-2/h17-18,35,37-39,42H,3-16,19-34H2,1-2H3/b18-17-. The second kappa shape index (κ2) is 35.2. The van der Waals surface area contributed by atoms with Crippen molar-refractivity contribution in [2.24, 2.45) is 0 Å². The molecule has 0 aromatic heterocycles. The number of unbranched alkanes of at least 4 members (excludes halogenated alkanes) is 23. The van der Waals surface area contributed by atoms with Crippen molar-refractivity contribution in [3.8, 4) is 0 Å². The Labute approximate surface area is 264 Å². The first kappa shape index (κ1) is 41.7. The SMILES string of the molecule is CCCCCCCC/C=C\CCCCCCCC(POCC(O)CO)C(=O)CCCCCCCCCCCCCCC. The molecule has 0 bridgehead atoms. The molecular weight excluding hydrogens is 539 g/mol. The van der Waals surface area contributed by atoms with E-state index in [1.807, 2.05) is 0 Å². The number of Topliss-reactive ketones (excluding diaryl/α,β-unsaturated/α-hetero) is 1. The van der Waals surface area contributed by atoms with Crippen molar-refractivity contribution in [1.82, 2.24) is 0 Å². The molecule has 250 valence electrons. The third kappa shape index (κ3) is 31.2. The van der Waals surface area contributed by atoms with Crippen LogP contribution in [0.15, 0.2) is 12.2 Å². The molecule has 5 heteroatoms. The van der Waals surface area contributed by atoms with Gasteiger partial charge < -0.3 is 14.7 Å². The predicted octanol–water partition coefficient (Wildman–Crippen LogP) is 11.4. The third-order valence-electron chi connectivity index (χ3n) is 8.38. The van der Waals surface area contributed by atoms with Crippen molar-refractivity contribution >= 4 is 14.6 Å². The first-order valence-electron chi connectivity index (χ1n) is 18.5. The van der Waals surface area contributed by atoms with Crippen LogP contribution in [0.5, 0.6) is 0 Å². The van der Waals surface area contributed by atoms with Gasteiger partial charge in [0.1, 0.15) is 11.9 Å².